The lowest BCUT2D eigenvalue weighted by Gasteiger charge is -2.05. The molecule has 0 unspecified atom stereocenters. The number of nitrogen functional groups attached to an aromatic ring is 1. The number of methoxy groups -OCH3 is 1. The number of carbonyl (C=O) groups excluding carboxylic acids is 1. The molecule has 0 fully saturated rings. The van der Waals surface area contributed by atoms with Gasteiger partial charge in [0.05, 0.1) is 19.4 Å². The summed E-state index contributed by atoms with van der Waals surface area (Å²) in [6.07, 6.45) is 0. The van der Waals surface area contributed by atoms with Gasteiger partial charge in [-0.05, 0) is 31.5 Å². The van der Waals surface area contributed by atoms with Crippen LogP contribution in [-0.2, 0) is 4.74 Å². The molecule has 0 atom stereocenters. The van der Waals surface area contributed by atoms with Gasteiger partial charge < -0.3 is 15.2 Å². The highest BCUT2D eigenvalue weighted by molar-refractivity contribution is 7.18. The molecule has 0 bridgehead atoms. The van der Waals surface area contributed by atoms with Crippen molar-refractivity contribution in [3.63, 3.8) is 0 Å². The van der Waals surface area contributed by atoms with Gasteiger partial charge in [0, 0.05) is 16.5 Å². The zero-order valence-corrected chi connectivity index (χ0v) is 12.8. The molecule has 0 saturated carbocycles. The molecule has 0 saturated heterocycles. The Morgan fingerprint density at radius 1 is 1.43 bits per heavy atom. The summed E-state index contributed by atoms with van der Waals surface area (Å²) in [4.78, 5) is 12.8. The van der Waals surface area contributed by atoms with Gasteiger partial charge in [0.2, 0.25) is 0 Å². The lowest BCUT2D eigenvalue weighted by atomic mass is 10.1. The Morgan fingerprint density at radius 2 is 2.14 bits per heavy atom. The molecule has 21 heavy (non-hydrogen) atoms. The van der Waals surface area contributed by atoms with Gasteiger partial charge in [-0.15, -0.1) is 11.3 Å². The SMILES string of the molecule is CCOC(=O)c1sc(-c2ccc(OC)cc2F)c(C)c1N. The van der Waals surface area contributed by atoms with E-state index in [9.17, 15) is 9.18 Å². The van der Waals surface area contributed by atoms with Gasteiger partial charge in [0.1, 0.15) is 16.4 Å². The maximum atomic E-state index is 14.2. The second-order valence-electron chi connectivity index (χ2n) is 4.37. The summed E-state index contributed by atoms with van der Waals surface area (Å²) in [7, 11) is 1.47. The van der Waals surface area contributed by atoms with Crippen molar-refractivity contribution >= 4 is 23.0 Å². The molecule has 0 aliphatic rings. The molecule has 1 aromatic carbocycles. The number of hydrogen-bond acceptors (Lipinski definition) is 5. The Bertz CT molecular complexity index is 682. The maximum Gasteiger partial charge on any atom is 0.350 e. The van der Waals surface area contributed by atoms with Crippen molar-refractivity contribution < 1.29 is 18.7 Å². The Labute approximate surface area is 126 Å². The van der Waals surface area contributed by atoms with Crippen molar-refractivity contribution in [1.29, 1.82) is 0 Å². The molecule has 1 heterocycles. The Kier molecular flexibility index (Phi) is 4.47. The summed E-state index contributed by atoms with van der Waals surface area (Å²) in [5.74, 6) is -0.471. The number of thiophene rings is 1. The van der Waals surface area contributed by atoms with Gasteiger partial charge >= 0.3 is 5.97 Å². The molecule has 0 aliphatic carbocycles. The van der Waals surface area contributed by atoms with E-state index in [1.165, 1.54) is 13.2 Å². The van der Waals surface area contributed by atoms with Gasteiger partial charge in [-0.2, -0.15) is 0 Å². The van der Waals surface area contributed by atoms with E-state index in [4.69, 9.17) is 15.2 Å². The molecule has 2 aromatic rings. The van der Waals surface area contributed by atoms with Crippen LogP contribution in [0.25, 0.3) is 10.4 Å². The third-order valence-corrected chi connectivity index (χ3v) is 4.40. The highest BCUT2D eigenvalue weighted by atomic mass is 32.1. The summed E-state index contributed by atoms with van der Waals surface area (Å²) >= 11 is 1.13. The van der Waals surface area contributed by atoms with Gasteiger partial charge in [0.25, 0.3) is 0 Å². The number of benzene rings is 1. The van der Waals surface area contributed by atoms with Crippen LogP contribution in [0.2, 0.25) is 0 Å². The van der Waals surface area contributed by atoms with Crippen molar-refractivity contribution in [3.8, 4) is 16.2 Å². The molecule has 112 valence electrons. The number of hydrogen-bond donors (Lipinski definition) is 1. The summed E-state index contributed by atoms with van der Waals surface area (Å²) < 4.78 is 24.1. The molecule has 0 amide bonds. The number of nitrogens with two attached hydrogens (primary N) is 1. The fourth-order valence-electron chi connectivity index (χ4n) is 1.94. The average Bonchev–Trinajstić information content (AvgIpc) is 2.76. The number of anilines is 1. The van der Waals surface area contributed by atoms with E-state index in [-0.39, 0.29) is 6.61 Å². The van der Waals surface area contributed by atoms with Crippen molar-refractivity contribution in [2.75, 3.05) is 19.5 Å². The first-order chi connectivity index (χ1) is 9.99. The molecule has 2 N–H and O–H groups in total. The molecule has 1 aromatic heterocycles. The van der Waals surface area contributed by atoms with Gasteiger partial charge in [0.15, 0.2) is 0 Å². The topological polar surface area (TPSA) is 61.5 Å². The fourth-order valence-corrected chi connectivity index (χ4v) is 3.09. The van der Waals surface area contributed by atoms with Crippen LogP contribution >= 0.6 is 11.3 Å². The quantitative estimate of drug-likeness (QED) is 0.876. The second-order valence-corrected chi connectivity index (χ2v) is 5.39. The lowest BCUT2D eigenvalue weighted by Crippen LogP contribution is -2.05. The van der Waals surface area contributed by atoms with Crippen LogP contribution in [-0.4, -0.2) is 19.7 Å². The first-order valence-corrected chi connectivity index (χ1v) is 7.21. The number of rotatable bonds is 4. The van der Waals surface area contributed by atoms with Crippen LogP contribution in [0, 0.1) is 12.7 Å². The zero-order valence-electron chi connectivity index (χ0n) is 12.0. The maximum absolute atomic E-state index is 14.2. The third-order valence-electron chi connectivity index (χ3n) is 3.08. The molecular formula is C15H16FNO3S. The number of esters is 1. The summed E-state index contributed by atoms with van der Waals surface area (Å²) in [5, 5.41) is 0. The number of carbonyl (C=O) groups is 1. The van der Waals surface area contributed by atoms with E-state index in [0.29, 0.717) is 32.3 Å². The molecule has 0 radical (unpaired) electrons. The Morgan fingerprint density at radius 3 is 2.71 bits per heavy atom. The number of ether oxygens (including phenoxy) is 2. The summed E-state index contributed by atoms with van der Waals surface area (Å²) in [6.45, 7) is 3.74. The van der Waals surface area contributed by atoms with E-state index in [1.54, 1.807) is 26.0 Å². The number of halogens is 1. The van der Waals surface area contributed by atoms with Crippen LogP contribution in [0.5, 0.6) is 5.75 Å². The van der Waals surface area contributed by atoms with E-state index in [1.807, 2.05) is 0 Å². The second kappa shape index (κ2) is 6.13. The van der Waals surface area contributed by atoms with Crippen molar-refractivity contribution in [1.82, 2.24) is 0 Å². The van der Waals surface area contributed by atoms with E-state index < -0.39 is 11.8 Å². The lowest BCUT2D eigenvalue weighted by molar-refractivity contribution is 0.0533. The molecule has 4 nitrogen and oxygen atoms in total. The van der Waals surface area contributed by atoms with Crippen molar-refractivity contribution in [3.05, 3.63) is 34.5 Å². The normalized spacial score (nSPS) is 10.5. The van der Waals surface area contributed by atoms with Gasteiger partial charge in [-0.3, -0.25) is 0 Å². The van der Waals surface area contributed by atoms with Gasteiger partial charge in [-0.1, -0.05) is 0 Å². The summed E-state index contributed by atoms with van der Waals surface area (Å²) in [5.41, 5.74) is 7.34. The zero-order chi connectivity index (χ0) is 15.6. The van der Waals surface area contributed by atoms with Crippen molar-refractivity contribution in [2.24, 2.45) is 0 Å². The van der Waals surface area contributed by atoms with E-state index >= 15 is 0 Å². The first-order valence-electron chi connectivity index (χ1n) is 6.39. The largest absolute Gasteiger partial charge is 0.497 e. The van der Waals surface area contributed by atoms with E-state index in [0.717, 1.165) is 11.3 Å². The minimum absolute atomic E-state index is 0.265. The predicted octanol–water partition coefficient (Wildman–Crippen LogP) is 3.63. The molecular weight excluding hydrogens is 293 g/mol. The molecule has 0 spiro atoms. The van der Waals surface area contributed by atoms with Crippen LogP contribution in [0.3, 0.4) is 0 Å². The first kappa shape index (κ1) is 15.3. The highest BCUT2D eigenvalue weighted by Crippen LogP contribution is 2.40. The van der Waals surface area contributed by atoms with Crippen molar-refractivity contribution in [2.45, 2.75) is 13.8 Å². The monoisotopic (exact) mass is 309 g/mol. The Hall–Kier alpha value is -2.08. The summed E-state index contributed by atoms with van der Waals surface area (Å²) in [6, 6.07) is 4.58. The van der Waals surface area contributed by atoms with Gasteiger partial charge in [-0.25, -0.2) is 9.18 Å². The van der Waals surface area contributed by atoms with Crippen LogP contribution in [0.1, 0.15) is 22.2 Å². The smallest absolute Gasteiger partial charge is 0.350 e. The predicted molar refractivity (Wildman–Crippen MR) is 81.4 cm³/mol. The van der Waals surface area contributed by atoms with Crippen LogP contribution in [0.4, 0.5) is 10.1 Å². The fraction of sp³-hybridized carbons (Fsp3) is 0.267. The van der Waals surface area contributed by atoms with E-state index in [2.05, 4.69) is 0 Å². The standard InChI is InChI=1S/C15H16FNO3S/c1-4-20-15(18)14-12(17)8(2)13(21-14)10-6-5-9(19-3)7-11(10)16/h5-7H,4,17H2,1-3H3. The minimum atomic E-state index is -0.483. The Balaban J connectivity index is 2.50. The van der Waals surface area contributed by atoms with Crippen LogP contribution < -0.4 is 10.5 Å². The molecule has 6 heteroatoms. The third kappa shape index (κ3) is 2.85. The minimum Gasteiger partial charge on any atom is -0.497 e. The molecule has 0 aliphatic heterocycles. The highest BCUT2D eigenvalue weighted by Gasteiger charge is 2.22. The average molecular weight is 309 g/mol. The van der Waals surface area contributed by atoms with Crippen LogP contribution in [0.15, 0.2) is 18.2 Å². The molecule has 2 rings (SSSR count).